The number of benzene rings is 2. The zero-order valence-electron chi connectivity index (χ0n) is 23.2. The zero-order valence-corrected chi connectivity index (χ0v) is 24.0. The third-order valence-electron chi connectivity index (χ3n) is 8.05. The monoisotopic (exact) mass is 564 g/mol. The summed E-state index contributed by atoms with van der Waals surface area (Å²) in [4.78, 5) is 34.2. The number of pyridine rings is 1. The minimum absolute atomic E-state index is 0.0456. The van der Waals surface area contributed by atoms with Gasteiger partial charge in [0.25, 0.3) is 5.56 Å². The maximum Gasteiger partial charge on any atom is 0.263 e. The van der Waals surface area contributed by atoms with E-state index in [1.54, 1.807) is 24.2 Å². The van der Waals surface area contributed by atoms with Crippen molar-refractivity contribution in [1.82, 2.24) is 29.0 Å². The van der Waals surface area contributed by atoms with Gasteiger partial charge in [-0.15, -0.1) is 11.8 Å². The summed E-state index contributed by atoms with van der Waals surface area (Å²) in [6.07, 6.45) is 6.14. The molecule has 5 aromatic rings. The van der Waals surface area contributed by atoms with Crippen LogP contribution in [0.25, 0.3) is 22.4 Å². The Balaban J connectivity index is 1.25. The normalized spacial score (nSPS) is 17.5. The summed E-state index contributed by atoms with van der Waals surface area (Å²) in [5, 5.41) is 4.17. The topological polar surface area (TPSA) is 84.1 Å². The second-order valence-corrected chi connectivity index (χ2v) is 11.9. The van der Waals surface area contributed by atoms with Crippen LogP contribution in [-0.4, -0.2) is 68.0 Å². The first-order valence-electron chi connectivity index (χ1n) is 13.9. The van der Waals surface area contributed by atoms with Gasteiger partial charge in [-0.3, -0.25) is 9.36 Å². The van der Waals surface area contributed by atoms with E-state index in [9.17, 15) is 4.79 Å². The molecular weight excluding hydrogens is 532 g/mol. The van der Waals surface area contributed by atoms with Gasteiger partial charge in [-0.1, -0.05) is 18.2 Å². The molecule has 2 aliphatic heterocycles. The van der Waals surface area contributed by atoms with E-state index in [1.807, 2.05) is 28.4 Å². The van der Waals surface area contributed by atoms with Gasteiger partial charge in [-0.2, -0.15) is 4.98 Å². The highest BCUT2D eigenvalue weighted by Gasteiger charge is 2.26. The fraction of sp³-hybridized carbons (Fsp3) is 0.290. The van der Waals surface area contributed by atoms with E-state index in [4.69, 9.17) is 4.98 Å². The van der Waals surface area contributed by atoms with E-state index in [0.717, 1.165) is 49.4 Å². The lowest BCUT2D eigenvalue weighted by Crippen LogP contribution is -2.44. The molecule has 1 N–H and O–H groups in total. The molecule has 0 bridgehead atoms. The van der Waals surface area contributed by atoms with Gasteiger partial charge < -0.3 is 19.7 Å². The third-order valence-corrected chi connectivity index (χ3v) is 9.31. The maximum absolute atomic E-state index is 14.1. The summed E-state index contributed by atoms with van der Waals surface area (Å²) in [7, 11) is 4.07. The molecule has 0 aliphatic carbocycles. The quantitative estimate of drug-likeness (QED) is 0.332. The van der Waals surface area contributed by atoms with Gasteiger partial charge >= 0.3 is 0 Å². The first kappa shape index (κ1) is 25.8. The SMILES string of the molecule is CN1CCN(c2ccc(Nc3ncc4cc(-c5nccn5C)c(=O)n(C5CSc6ccccc6C5)c4n3)cc2)CC1. The molecule has 0 spiro atoms. The van der Waals surface area contributed by atoms with Gasteiger partial charge in [0.05, 0.1) is 11.6 Å². The van der Waals surface area contributed by atoms with E-state index in [2.05, 4.69) is 80.7 Å². The number of hydrogen-bond acceptors (Lipinski definition) is 8. The van der Waals surface area contributed by atoms with Crippen molar-refractivity contribution in [2.24, 2.45) is 7.05 Å². The summed E-state index contributed by atoms with van der Waals surface area (Å²) >= 11 is 1.79. The predicted molar refractivity (Wildman–Crippen MR) is 165 cm³/mol. The third kappa shape index (κ3) is 4.98. The van der Waals surface area contributed by atoms with Crippen molar-refractivity contribution in [3.8, 4) is 11.4 Å². The Kier molecular flexibility index (Phi) is 6.72. The number of aromatic nitrogens is 5. The molecule has 0 radical (unpaired) electrons. The number of nitrogens with one attached hydrogen (secondary N) is 1. The van der Waals surface area contributed by atoms with Gasteiger partial charge in [0.2, 0.25) is 5.95 Å². The van der Waals surface area contributed by atoms with E-state index in [0.29, 0.717) is 23.0 Å². The molecular formula is C31H32N8OS. The lowest BCUT2D eigenvalue weighted by Gasteiger charge is -2.34. The van der Waals surface area contributed by atoms with Crippen molar-refractivity contribution in [2.45, 2.75) is 17.4 Å². The second-order valence-electron chi connectivity index (χ2n) is 10.8. The number of thioether (sulfide) groups is 1. The van der Waals surface area contributed by atoms with Gasteiger partial charge in [-0.05, 0) is 55.4 Å². The van der Waals surface area contributed by atoms with E-state index in [1.165, 1.54) is 16.1 Å². The molecule has 1 atom stereocenters. The van der Waals surface area contributed by atoms with Crippen LogP contribution in [0.3, 0.4) is 0 Å². The Morgan fingerprint density at radius 1 is 0.976 bits per heavy atom. The van der Waals surface area contributed by atoms with Crippen molar-refractivity contribution in [3.63, 3.8) is 0 Å². The highest BCUT2D eigenvalue weighted by Crippen LogP contribution is 2.36. The molecule has 41 heavy (non-hydrogen) atoms. The lowest BCUT2D eigenvalue weighted by atomic mass is 10.1. The fourth-order valence-corrected chi connectivity index (χ4v) is 6.88. The lowest BCUT2D eigenvalue weighted by molar-refractivity contribution is 0.313. The average molecular weight is 565 g/mol. The van der Waals surface area contributed by atoms with Gasteiger partial charge in [0.1, 0.15) is 11.5 Å². The standard InChI is InChI=1S/C31H32N8OS/c1-36-13-15-38(16-14-36)24-9-7-23(8-10-24)34-31-33-19-22-18-26(29-32-11-12-37(29)2)30(40)39(28(22)35-31)25-17-21-5-3-4-6-27(21)41-20-25/h3-12,18-19,25H,13-17,20H2,1-2H3,(H,33,34,35). The van der Waals surface area contributed by atoms with Gasteiger partial charge in [0.15, 0.2) is 0 Å². The minimum Gasteiger partial charge on any atom is -0.369 e. The largest absolute Gasteiger partial charge is 0.369 e. The number of hydrogen-bond donors (Lipinski definition) is 1. The van der Waals surface area contributed by atoms with Gasteiger partial charge in [-0.25, -0.2) is 9.97 Å². The van der Waals surface area contributed by atoms with Crippen molar-refractivity contribution >= 4 is 40.1 Å². The fourth-order valence-electron chi connectivity index (χ4n) is 5.73. The Morgan fingerprint density at radius 2 is 1.78 bits per heavy atom. The van der Waals surface area contributed by atoms with E-state index < -0.39 is 0 Å². The molecule has 0 amide bonds. The summed E-state index contributed by atoms with van der Waals surface area (Å²) in [6.45, 7) is 4.19. The number of fused-ring (bicyclic) bond motifs is 2. The highest BCUT2D eigenvalue weighted by atomic mass is 32.2. The van der Waals surface area contributed by atoms with Crippen LogP contribution < -0.4 is 15.8 Å². The Labute approximate surface area is 242 Å². The minimum atomic E-state index is -0.0852. The molecule has 1 saturated heterocycles. The number of aryl methyl sites for hydroxylation is 1. The zero-order chi connectivity index (χ0) is 27.9. The van der Waals surface area contributed by atoms with E-state index in [-0.39, 0.29) is 11.6 Å². The van der Waals surface area contributed by atoms with Gasteiger partial charge in [0, 0.05) is 79.2 Å². The van der Waals surface area contributed by atoms with Crippen LogP contribution in [0.5, 0.6) is 0 Å². The number of likely N-dealkylation sites (N-methyl/N-ethyl adjacent to an activating group) is 1. The second kappa shape index (κ2) is 10.7. The maximum atomic E-state index is 14.1. The molecule has 2 aromatic carbocycles. The van der Waals surface area contributed by atoms with Crippen LogP contribution in [-0.2, 0) is 13.5 Å². The number of rotatable bonds is 5. The highest BCUT2D eigenvalue weighted by molar-refractivity contribution is 7.99. The summed E-state index contributed by atoms with van der Waals surface area (Å²) < 4.78 is 3.74. The predicted octanol–water partition coefficient (Wildman–Crippen LogP) is 4.58. The molecule has 7 rings (SSSR count). The van der Waals surface area contributed by atoms with Crippen molar-refractivity contribution in [1.29, 1.82) is 0 Å². The molecule has 5 heterocycles. The molecule has 9 nitrogen and oxygen atoms in total. The molecule has 0 saturated carbocycles. The van der Waals surface area contributed by atoms with Crippen molar-refractivity contribution in [2.75, 3.05) is 49.2 Å². The smallest absolute Gasteiger partial charge is 0.263 e. The Hall–Kier alpha value is -4.15. The molecule has 3 aromatic heterocycles. The van der Waals surface area contributed by atoms with Crippen LogP contribution in [0, 0.1) is 0 Å². The summed E-state index contributed by atoms with van der Waals surface area (Å²) in [5.41, 5.74) is 4.47. The van der Waals surface area contributed by atoms with Crippen molar-refractivity contribution in [3.05, 3.63) is 89.1 Å². The molecule has 2 aliphatic rings. The first-order valence-corrected chi connectivity index (χ1v) is 14.9. The first-order chi connectivity index (χ1) is 20.0. The van der Waals surface area contributed by atoms with Crippen LogP contribution in [0.15, 0.2) is 82.9 Å². The molecule has 1 fully saturated rings. The van der Waals surface area contributed by atoms with Crippen LogP contribution in [0.1, 0.15) is 11.6 Å². The number of nitrogens with zero attached hydrogens (tertiary/aromatic N) is 7. The van der Waals surface area contributed by atoms with E-state index >= 15 is 0 Å². The summed E-state index contributed by atoms with van der Waals surface area (Å²) in [5.74, 6) is 1.89. The Morgan fingerprint density at radius 3 is 2.56 bits per heavy atom. The van der Waals surface area contributed by atoms with Crippen molar-refractivity contribution < 1.29 is 0 Å². The number of anilines is 3. The molecule has 208 valence electrons. The number of imidazole rings is 1. The van der Waals surface area contributed by atoms with Crippen LogP contribution in [0.4, 0.5) is 17.3 Å². The van der Waals surface area contributed by atoms with Crippen LogP contribution >= 0.6 is 11.8 Å². The molecule has 10 heteroatoms. The summed E-state index contributed by atoms with van der Waals surface area (Å²) in [6, 6.07) is 18.7. The van der Waals surface area contributed by atoms with Crippen LogP contribution in [0.2, 0.25) is 0 Å². The average Bonchev–Trinajstić information content (AvgIpc) is 3.43. The Bertz CT molecular complexity index is 1770. The molecule has 1 unspecified atom stereocenters. The number of piperazine rings is 1.